The third kappa shape index (κ3) is 3.76. The van der Waals surface area contributed by atoms with Crippen LogP contribution in [0.5, 0.6) is 0 Å². The van der Waals surface area contributed by atoms with Crippen molar-refractivity contribution in [2.24, 2.45) is 0 Å². The first-order valence-corrected chi connectivity index (χ1v) is 6.86. The maximum absolute atomic E-state index is 6.20. The maximum atomic E-state index is 6.20. The second-order valence-corrected chi connectivity index (χ2v) is 4.91. The van der Waals surface area contributed by atoms with Crippen LogP contribution >= 0.6 is 11.6 Å². The van der Waals surface area contributed by atoms with Gasteiger partial charge in [-0.3, -0.25) is 9.97 Å². The number of hydrogen-bond acceptors (Lipinski definition) is 4. The first-order valence-electron chi connectivity index (χ1n) is 6.49. The Balaban J connectivity index is 2.00. The highest BCUT2D eigenvalue weighted by molar-refractivity contribution is 6.31. The summed E-state index contributed by atoms with van der Waals surface area (Å²) in [5, 5.41) is 4.11. The van der Waals surface area contributed by atoms with Gasteiger partial charge in [0.1, 0.15) is 0 Å². The lowest BCUT2D eigenvalue weighted by Gasteiger charge is -2.20. The fourth-order valence-corrected chi connectivity index (χ4v) is 2.24. The van der Waals surface area contributed by atoms with E-state index in [0.717, 1.165) is 11.3 Å². The predicted octanol–water partition coefficient (Wildman–Crippen LogP) is 3.17. The summed E-state index contributed by atoms with van der Waals surface area (Å²) >= 11 is 6.20. The van der Waals surface area contributed by atoms with E-state index in [-0.39, 0.29) is 12.1 Å². The molecule has 0 bridgehead atoms. The summed E-state index contributed by atoms with van der Waals surface area (Å²) in [6.45, 7) is 2.70. The van der Waals surface area contributed by atoms with E-state index in [0.29, 0.717) is 11.6 Å². The highest BCUT2D eigenvalue weighted by Crippen LogP contribution is 2.25. The first-order chi connectivity index (χ1) is 9.72. The normalized spacial score (nSPS) is 13.9. The Morgan fingerprint density at radius 3 is 2.75 bits per heavy atom. The van der Waals surface area contributed by atoms with E-state index in [4.69, 9.17) is 16.3 Å². The lowest BCUT2D eigenvalue weighted by atomic mass is 10.1. The molecule has 2 atom stereocenters. The van der Waals surface area contributed by atoms with Gasteiger partial charge in [-0.1, -0.05) is 29.8 Å². The van der Waals surface area contributed by atoms with E-state index in [1.165, 1.54) is 0 Å². The molecule has 0 radical (unpaired) electrons. The number of halogens is 1. The van der Waals surface area contributed by atoms with Crippen molar-refractivity contribution in [1.29, 1.82) is 0 Å². The molecule has 0 unspecified atom stereocenters. The topological polar surface area (TPSA) is 47.0 Å². The minimum atomic E-state index is -0.0946. The third-order valence-electron chi connectivity index (χ3n) is 3.17. The zero-order valence-corrected chi connectivity index (χ0v) is 12.3. The fraction of sp³-hybridized carbons (Fsp3) is 0.333. The molecule has 1 aromatic heterocycles. The van der Waals surface area contributed by atoms with Gasteiger partial charge in [0, 0.05) is 48.9 Å². The molecule has 1 heterocycles. The molecule has 106 valence electrons. The van der Waals surface area contributed by atoms with Crippen LogP contribution in [0, 0.1) is 0 Å². The van der Waals surface area contributed by atoms with E-state index in [2.05, 4.69) is 15.3 Å². The zero-order valence-electron chi connectivity index (χ0n) is 11.6. The van der Waals surface area contributed by atoms with Gasteiger partial charge < -0.3 is 10.1 Å². The molecule has 0 saturated heterocycles. The number of hydrogen-bond donors (Lipinski definition) is 1. The fourth-order valence-electron chi connectivity index (χ4n) is 1.98. The number of benzene rings is 1. The molecule has 2 aromatic rings. The Hall–Kier alpha value is -1.49. The van der Waals surface area contributed by atoms with Gasteiger partial charge in [0.25, 0.3) is 0 Å². The molecule has 0 aliphatic carbocycles. The molecule has 0 aliphatic rings. The van der Waals surface area contributed by atoms with Crippen LogP contribution in [-0.4, -0.2) is 23.6 Å². The van der Waals surface area contributed by atoms with Crippen LogP contribution in [0.25, 0.3) is 0 Å². The van der Waals surface area contributed by atoms with Crippen LogP contribution < -0.4 is 5.32 Å². The average molecular weight is 292 g/mol. The van der Waals surface area contributed by atoms with Crippen LogP contribution in [-0.2, 0) is 4.74 Å². The van der Waals surface area contributed by atoms with Gasteiger partial charge in [-0.2, -0.15) is 0 Å². The van der Waals surface area contributed by atoms with Crippen LogP contribution in [0.2, 0.25) is 5.02 Å². The second kappa shape index (κ2) is 7.33. The van der Waals surface area contributed by atoms with Crippen LogP contribution in [0.15, 0.2) is 42.9 Å². The number of aromatic nitrogens is 2. The van der Waals surface area contributed by atoms with Crippen molar-refractivity contribution < 1.29 is 4.74 Å². The SMILES string of the molecule is CO[C@@H](CN[C@@H](C)c1cnccn1)c1ccccc1Cl. The van der Waals surface area contributed by atoms with E-state index in [1.54, 1.807) is 25.7 Å². The number of methoxy groups -OCH3 is 1. The van der Waals surface area contributed by atoms with Crippen LogP contribution in [0.3, 0.4) is 0 Å². The average Bonchev–Trinajstić information content (AvgIpc) is 2.50. The van der Waals surface area contributed by atoms with E-state index in [9.17, 15) is 0 Å². The van der Waals surface area contributed by atoms with Gasteiger partial charge in [-0.25, -0.2) is 0 Å². The Morgan fingerprint density at radius 1 is 1.30 bits per heavy atom. The lowest BCUT2D eigenvalue weighted by molar-refractivity contribution is 0.0998. The maximum Gasteiger partial charge on any atom is 0.0959 e. The number of nitrogens with zero attached hydrogens (tertiary/aromatic N) is 2. The van der Waals surface area contributed by atoms with E-state index >= 15 is 0 Å². The van der Waals surface area contributed by atoms with Gasteiger partial charge in [-0.05, 0) is 13.0 Å². The minimum Gasteiger partial charge on any atom is -0.375 e. The summed E-state index contributed by atoms with van der Waals surface area (Å²) in [5.74, 6) is 0. The standard InChI is InChI=1S/C15H18ClN3O/c1-11(14-9-17-7-8-18-14)19-10-15(20-2)12-5-3-4-6-13(12)16/h3-9,11,15,19H,10H2,1-2H3/t11-,15-/m0/s1. The molecule has 0 saturated carbocycles. The molecule has 0 amide bonds. The Labute approximate surface area is 124 Å². The van der Waals surface area contributed by atoms with Gasteiger partial charge in [0.05, 0.1) is 11.8 Å². The van der Waals surface area contributed by atoms with Crippen molar-refractivity contribution in [1.82, 2.24) is 15.3 Å². The molecule has 5 heteroatoms. The van der Waals surface area contributed by atoms with Gasteiger partial charge in [-0.15, -0.1) is 0 Å². The Morgan fingerprint density at radius 2 is 2.10 bits per heavy atom. The molecule has 1 aromatic carbocycles. The van der Waals surface area contributed by atoms with Crippen LogP contribution in [0.4, 0.5) is 0 Å². The van der Waals surface area contributed by atoms with Crippen molar-refractivity contribution in [3.63, 3.8) is 0 Å². The monoisotopic (exact) mass is 291 g/mol. The molecule has 0 spiro atoms. The quantitative estimate of drug-likeness (QED) is 0.888. The summed E-state index contributed by atoms with van der Waals surface area (Å²) < 4.78 is 5.52. The largest absolute Gasteiger partial charge is 0.375 e. The number of nitrogens with one attached hydrogen (secondary N) is 1. The predicted molar refractivity (Wildman–Crippen MR) is 79.7 cm³/mol. The summed E-state index contributed by atoms with van der Waals surface area (Å²) in [7, 11) is 1.68. The second-order valence-electron chi connectivity index (χ2n) is 4.51. The van der Waals surface area contributed by atoms with Crippen molar-refractivity contribution >= 4 is 11.6 Å². The number of ether oxygens (including phenoxy) is 1. The van der Waals surface area contributed by atoms with E-state index < -0.39 is 0 Å². The molecule has 0 fully saturated rings. The third-order valence-corrected chi connectivity index (χ3v) is 3.52. The molecule has 1 N–H and O–H groups in total. The Kier molecular flexibility index (Phi) is 5.47. The highest BCUT2D eigenvalue weighted by Gasteiger charge is 2.15. The summed E-state index contributed by atoms with van der Waals surface area (Å²) in [6.07, 6.45) is 5.02. The van der Waals surface area contributed by atoms with Crippen LogP contribution in [0.1, 0.15) is 30.3 Å². The van der Waals surface area contributed by atoms with Gasteiger partial charge in [0.2, 0.25) is 0 Å². The summed E-state index contributed by atoms with van der Waals surface area (Å²) in [5.41, 5.74) is 1.89. The van der Waals surface area contributed by atoms with Crippen molar-refractivity contribution in [2.75, 3.05) is 13.7 Å². The molecular weight excluding hydrogens is 274 g/mol. The number of rotatable bonds is 6. The minimum absolute atomic E-state index is 0.0946. The van der Waals surface area contributed by atoms with E-state index in [1.807, 2.05) is 31.2 Å². The zero-order chi connectivity index (χ0) is 14.4. The van der Waals surface area contributed by atoms with Crippen molar-refractivity contribution in [3.8, 4) is 0 Å². The van der Waals surface area contributed by atoms with Crippen molar-refractivity contribution in [3.05, 3.63) is 59.1 Å². The summed E-state index contributed by atoms with van der Waals surface area (Å²) in [4.78, 5) is 8.35. The molecule has 0 aliphatic heterocycles. The smallest absolute Gasteiger partial charge is 0.0959 e. The highest BCUT2D eigenvalue weighted by atomic mass is 35.5. The molecule has 2 rings (SSSR count). The molecule has 20 heavy (non-hydrogen) atoms. The van der Waals surface area contributed by atoms with Gasteiger partial charge in [0.15, 0.2) is 0 Å². The molecular formula is C15H18ClN3O. The first kappa shape index (κ1) is 14.9. The Bertz CT molecular complexity index is 536. The summed E-state index contributed by atoms with van der Waals surface area (Å²) in [6, 6.07) is 7.82. The molecule has 4 nitrogen and oxygen atoms in total. The van der Waals surface area contributed by atoms with Gasteiger partial charge >= 0.3 is 0 Å². The lowest BCUT2D eigenvalue weighted by Crippen LogP contribution is -2.26. The van der Waals surface area contributed by atoms with Crippen molar-refractivity contribution in [2.45, 2.75) is 19.1 Å².